The summed E-state index contributed by atoms with van der Waals surface area (Å²) in [6.45, 7) is 7.26. The van der Waals surface area contributed by atoms with Gasteiger partial charge in [0.2, 0.25) is 5.91 Å². The highest BCUT2D eigenvalue weighted by atomic mass is 16.5. The summed E-state index contributed by atoms with van der Waals surface area (Å²) in [6, 6.07) is 8.13. The van der Waals surface area contributed by atoms with Crippen molar-refractivity contribution < 1.29 is 14.1 Å². The Morgan fingerprint density at radius 2 is 2.04 bits per heavy atom. The summed E-state index contributed by atoms with van der Waals surface area (Å²) in [5, 5.41) is 3.93. The molecule has 2 heterocycles. The van der Waals surface area contributed by atoms with Gasteiger partial charge in [0.05, 0.1) is 17.7 Å². The van der Waals surface area contributed by atoms with E-state index in [1.807, 2.05) is 43.0 Å². The fourth-order valence-electron chi connectivity index (χ4n) is 3.31. The lowest BCUT2D eigenvalue weighted by Crippen LogP contribution is -2.42. The number of carbonyl (C=O) groups is 1. The van der Waals surface area contributed by atoms with Crippen molar-refractivity contribution in [2.24, 2.45) is 0 Å². The zero-order valence-electron chi connectivity index (χ0n) is 15.2. The summed E-state index contributed by atoms with van der Waals surface area (Å²) < 4.78 is 11.0. The molecule has 1 aliphatic heterocycles. The first kappa shape index (κ1) is 17.5. The molecule has 1 saturated heterocycles. The van der Waals surface area contributed by atoms with Crippen molar-refractivity contribution in [2.75, 3.05) is 6.54 Å². The van der Waals surface area contributed by atoms with Gasteiger partial charge in [-0.3, -0.25) is 4.79 Å². The van der Waals surface area contributed by atoms with Crippen molar-refractivity contribution in [1.29, 1.82) is 0 Å². The van der Waals surface area contributed by atoms with Crippen LogP contribution < -0.4 is 4.74 Å². The van der Waals surface area contributed by atoms with Crippen LogP contribution in [0.1, 0.15) is 48.8 Å². The molecular weight excluding hydrogens is 316 g/mol. The van der Waals surface area contributed by atoms with Gasteiger partial charge >= 0.3 is 0 Å². The van der Waals surface area contributed by atoms with Crippen LogP contribution in [0, 0.1) is 13.8 Å². The van der Waals surface area contributed by atoms with Gasteiger partial charge in [-0.15, -0.1) is 0 Å². The smallest absolute Gasteiger partial charge is 0.227 e. The van der Waals surface area contributed by atoms with Crippen LogP contribution in [-0.4, -0.2) is 28.6 Å². The number of aromatic nitrogens is 1. The van der Waals surface area contributed by atoms with Gasteiger partial charge in [0.1, 0.15) is 18.1 Å². The van der Waals surface area contributed by atoms with E-state index in [0.717, 1.165) is 47.7 Å². The Morgan fingerprint density at radius 1 is 1.28 bits per heavy atom. The Bertz CT molecular complexity index is 702. The highest BCUT2D eigenvalue weighted by Gasteiger charge is 2.22. The average molecular weight is 342 g/mol. The first-order valence-electron chi connectivity index (χ1n) is 8.97. The highest BCUT2D eigenvalue weighted by Crippen LogP contribution is 2.20. The summed E-state index contributed by atoms with van der Waals surface area (Å²) in [7, 11) is 0. The van der Waals surface area contributed by atoms with Gasteiger partial charge in [-0.05, 0) is 57.7 Å². The van der Waals surface area contributed by atoms with Crippen molar-refractivity contribution in [3.63, 3.8) is 0 Å². The Hall–Kier alpha value is -2.30. The van der Waals surface area contributed by atoms with Crippen molar-refractivity contribution >= 4 is 5.91 Å². The third kappa shape index (κ3) is 4.21. The third-order valence-electron chi connectivity index (χ3n) is 4.97. The van der Waals surface area contributed by atoms with Crippen molar-refractivity contribution in [1.82, 2.24) is 10.1 Å². The maximum absolute atomic E-state index is 12.5. The van der Waals surface area contributed by atoms with Crippen LogP contribution >= 0.6 is 0 Å². The van der Waals surface area contributed by atoms with E-state index >= 15 is 0 Å². The molecule has 0 N–H and O–H groups in total. The number of aryl methyl sites for hydroxylation is 2. The van der Waals surface area contributed by atoms with Crippen molar-refractivity contribution in [2.45, 2.75) is 59.1 Å². The molecule has 0 radical (unpaired) electrons. The molecule has 1 aromatic carbocycles. The van der Waals surface area contributed by atoms with Crippen molar-refractivity contribution in [3.8, 4) is 5.75 Å². The van der Waals surface area contributed by atoms with E-state index in [2.05, 4.69) is 12.1 Å². The lowest BCUT2D eigenvalue weighted by atomic mass is 10.0. The van der Waals surface area contributed by atoms with E-state index in [0.29, 0.717) is 19.1 Å². The molecule has 1 fully saturated rings. The van der Waals surface area contributed by atoms with Gasteiger partial charge < -0.3 is 14.2 Å². The number of ether oxygens (including phenoxy) is 1. The Labute approximate surface area is 148 Å². The van der Waals surface area contributed by atoms with Crippen LogP contribution in [0.2, 0.25) is 0 Å². The fourth-order valence-corrected chi connectivity index (χ4v) is 3.31. The van der Waals surface area contributed by atoms with Gasteiger partial charge in [-0.25, -0.2) is 0 Å². The monoisotopic (exact) mass is 342 g/mol. The minimum Gasteiger partial charge on any atom is -0.489 e. The Morgan fingerprint density at radius 3 is 2.68 bits per heavy atom. The molecule has 5 nitrogen and oxygen atoms in total. The van der Waals surface area contributed by atoms with E-state index in [9.17, 15) is 4.79 Å². The molecule has 1 aliphatic rings. The SMILES string of the molecule is Cc1noc(C)c1COc1ccc(CC(=O)N2CCCCC2C)cc1. The summed E-state index contributed by atoms with van der Waals surface area (Å²) in [4.78, 5) is 14.5. The lowest BCUT2D eigenvalue weighted by Gasteiger charge is -2.33. The maximum Gasteiger partial charge on any atom is 0.227 e. The molecule has 1 atom stereocenters. The normalized spacial score (nSPS) is 17.6. The molecule has 1 unspecified atom stereocenters. The second-order valence-corrected chi connectivity index (χ2v) is 6.84. The average Bonchev–Trinajstić information content (AvgIpc) is 2.93. The summed E-state index contributed by atoms with van der Waals surface area (Å²) in [5.41, 5.74) is 2.86. The van der Waals surface area contributed by atoms with Gasteiger partial charge in [-0.2, -0.15) is 0 Å². The predicted molar refractivity (Wildman–Crippen MR) is 95.5 cm³/mol. The summed E-state index contributed by atoms with van der Waals surface area (Å²) in [6.07, 6.45) is 3.90. The predicted octanol–water partition coefficient (Wildman–Crippen LogP) is 3.81. The van der Waals surface area contributed by atoms with E-state index in [-0.39, 0.29) is 5.91 Å². The minimum absolute atomic E-state index is 0.219. The number of hydrogen-bond donors (Lipinski definition) is 0. The molecule has 0 bridgehead atoms. The number of hydrogen-bond acceptors (Lipinski definition) is 4. The van der Waals surface area contributed by atoms with E-state index in [1.165, 1.54) is 6.42 Å². The minimum atomic E-state index is 0.219. The number of likely N-dealkylation sites (tertiary alicyclic amines) is 1. The number of amides is 1. The van der Waals surface area contributed by atoms with Gasteiger partial charge in [0, 0.05) is 12.6 Å². The molecule has 0 aliphatic carbocycles. The number of rotatable bonds is 5. The Balaban J connectivity index is 1.56. The van der Waals surface area contributed by atoms with Crippen LogP contribution in [0.25, 0.3) is 0 Å². The molecule has 134 valence electrons. The van der Waals surface area contributed by atoms with E-state index in [1.54, 1.807) is 0 Å². The number of nitrogens with zero attached hydrogens (tertiary/aromatic N) is 2. The standard InChI is InChI=1S/C20H26N2O3/c1-14-6-4-5-11-22(14)20(23)12-17-7-9-18(10-8-17)24-13-19-15(2)21-25-16(19)3/h7-10,14H,4-6,11-13H2,1-3H3. The second kappa shape index (κ2) is 7.72. The van der Waals surface area contributed by atoms with Gasteiger partial charge in [-0.1, -0.05) is 17.3 Å². The van der Waals surface area contributed by atoms with Gasteiger partial charge in [0.25, 0.3) is 0 Å². The molecule has 2 aromatic rings. The topological polar surface area (TPSA) is 55.6 Å². The molecule has 25 heavy (non-hydrogen) atoms. The zero-order valence-corrected chi connectivity index (χ0v) is 15.2. The number of carbonyl (C=O) groups excluding carboxylic acids is 1. The Kier molecular flexibility index (Phi) is 5.41. The van der Waals surface area contributed by atoms with Gasteiger partial charge in [0.15, 0.2) is 0 Å². The summed E-state index contributed by atoms with van der Waals surface area (Å²) >= 11 is 0. The molecular formula is C20H26N2O3. The maximum atomic E-state index is 12.5. The molecule has 0 spiro atoms. The fraction of sp³-hybridized carbons (Fsp3) is 0.500. The summed E-state index contributed by atoms with van der Waals surface area (Å²) in [5.74, 6) is 1.79. The quantitative estimate of drug-likeness (QED) is 0.829. The van der Waals surface area contributed by atoms with Crippen LogP contribution in [0.4, 0.5) is 0 Å². The first-order chi connectivity index (χ1) is 12.0. The number of benzene rings is 1. The van der Waals surface area contributed by atoms with Crippen LogP contribution in [-0.2, 0) is 17.8 Å². The molecule has 0 saturated carbocycles. The third-order valence-corrected chi connectivity index (χ3v) is 4.97. The molecule has 1 amide bonds. The zero-order chi connectivity index (χ0) is 17.8. The highest BCUT2D eigenvalue weighted by molar-refractivity contribution is 5.79. The van der Waals surface area contributed by atoms with E-state index in [4.69, 9.17) is 9.26 Å². The lowest BCUT2D eigenvalue weighted by molar-refractivity contribution is -0.133. The first-order valence-corrected chi connectivity index (χ1v) is 8.97. The van der Waals surface area contributed by atoms with E-state index < -0.39 is 0 Å². The molecule has 3 rings (SSSR count). The number of piperidine rings is 1. The van der Waals surface area contributed by atoms with Crippen LogP contribution in [0.3, 0.4) is 0 Å². The second-order valence-electron chi connectivity index (χ2n) is 6.84. The van der Waals surface area contributed by atoms with Crippen molar-refractivity contribution in [3.05, 3.63) is 46.8 Å². The molecule has 1 aromatic heterocycles. The van der Waals surface area contributed by atoms with Crippen LogP contribution in [0.15, 0.2) is 28.8 Å². The molecule has 5 heteroatoms. The van der Waals surface area contributed by atoms with Crippen LogP contribution in [0.5, 0.6) is 5.75 Å². The largest absolute Gasteiger partial charge is 0.489 e.